The van der Waals surface area contributed by atoms with Gasteiger partial charge in [0.1, 0.15) is 4.90 Å². The molecule has 1 aromatic rings. The Hall–Kier alpha value is -1.08. The lowest BCUT2D eigenvalue weighted by atomic mass is 10.1. The molecule has 2 saturated carbocycles. The first-order valence-electron chi connectivity index (χ1n) is 6.29. The van der Waals surface area contributed by atoms with Crippen molar-refractivity contribution in [2.75, 3.05) is 5.73 Å². The van der Waals surface area contributed by atoms with Crippen molar-refractivity contribution in [1.82, 2.24) is 14.5 Å². The van der Waals surface area contributed by atoms with Crippen molar-refractivity contribution in [1.29, 1.82) is 0 Å². The molecule has 3 rings (SSSR count). The van der Waals surface area contributed by atoms with E-state index in [1.165, 1.54) is 10.9 Å². The van der Waals surface area contributed by atoms with Gasteiger partial charge in [0.05, 0.1) is 0 Å². The second kappa shape index (κ2) is 3.96. The summed E-state index contributed by atoms with van der Waals surface area (Å²) in [6.45, 7) is 0. The normalized spacial score (nSPS) is 20.6. The zero-order chi connectivity index (χ0) is 12.9. The lowest BCUT2D eigenvalue weighted by Gasteiger charge is -2.17. The molecule has 2 aliphatic carbocycles. The number of hydrogen-bond acceptors (Lipinski definition) is 4. The van der Waals surface area contributed by atoms with Crippen LogP contribution in [0.2, 0.25) is 0 Å². The molecular formula is C11H18N4O2S. The van der Waals surface area contributed by atoms with E-state index in [9.17, 15) is 8.42 Å². The molecule has 0 aliphatic heterocycles. The van der Waals surface area contributed by atoms with E-state index in [2.05, 4.69) is 9.82 Å². The van der Waals surface area contributed by atoms with E-state index in [4.69, 9.17) is 5.73 Å². The SMILES string of the molecule is Cn1cc(S(=O)(=O)NC(C2CC2)C2CC2)c(N)n1. The molecule has 0 amide bonds. The van der Waals surface area contributed by atoms with E-state index in [1.807, 2.05) is 0 Å². The molecule has 1 heterocycles. The zero-order valence-electron chi connectivity index (χ0n) is 10.3. The Bertz CT molecular complexity index is 546. The van der Waals surface area contributed by atoms with Gasteiger partial charge in [-0.25, -0.2) is 13.1 Å². The second-order valence-electron chi connectivity index (χ2n) is 5.37. The van der Waals surface area contributed by atoms with Crippen LogP contribution in [0.4, 0.5) is 5.82 Å². The maximum absolute atomic E-state index is 12.3. The fraction of sp³-hybridized carbons (Fsp3) is 0.727. The summed E-state index contributed by atoms with van der Waals surface area (Å²) in [5, 5.41) is 3.88. The molecule has 0 spiro atoms. The largest absolute Gasteiger partial charge is 0.381 e. The van der Waals surface area contributed by atoms with Crippen molar-refractivity contribution < 1.29 is 8.42 Å². The Morgan fingerprint density at radius 2 is 1.94 bits per heavy atom. The number of nitrogens with one attached hydrogen (secondary N) is 1. The third kappa shape index (κ3) is 2.24. The summed E-state index contributed by atoms with van der Waals surface area (Å²) in [5.41, 5.74) is 5.64. The van der Waals surface area contributed by atoms with E-state index in [-0.39, 0.29) is 16.8 Å². The highest BCUT2D eigenvalue weighted by Gasteiger charge is 2.43. The third-order valence-corrected chi connectivity index (χ3v) is 5.14. The summed E-state index contributed by atoms with van der Waals surface area (Å²) in [4.78, 5) is 0.0938. The number of hydrogen-bond donors (Lipinski definition) is 2. The highest BCUT2D eigenvalue weighted by molar-refractivity contribution is 7.89. The molecular weight excluding hydrogens is 252 g/mol. The Morgan fingerprint density at radius 3 is 2.33 bits per heavy atom. The number of anilines is 1. The summed E-state index contributed by atoms with van der Waals surface area (Å²) < 4.78 is 28.8. The van der Waals surface area contributed by atoms with Crippen LogP contribution in [-0.2, 0) is 17.1 Å². The number of nitrogens with two attached hydrogens (primary N) is 1. The quantitative estimate of drug-likeness (QED) is 0.813. The topological polar surface area (TPSA) is 90.0 Å². The van der Waals surface area contributed by atoms with Crippen LogP contribution in [0.1, 0.15) is 25.7 Å². The number of sulfonamides is 1. The first-order chi connectivity index (χ1) is 8.47. The monoisotopic (exact) mass is 270 g/mol. The lowest BCUT2D eigenvalue weighted by molar-refractivity contribution is 0.471. The van der Waals surface area contributed by atoms with Crippen molar-refractivity contribution in [2.45, 2.75) is 36.6 Å². The molecule has 3 N–H and O–H groups in total. The summed E-state index contributed by atoms with van der Waals surface area (Å²) in [6.07, 6.45) is 5.98. The first-order valence-corrected chi connectivity index (χ1v) is 7.77. The summed E-state index contributed by atoms with van der Waals surface area (Å²) in [5.74, 6) is 1.10. The van der Waals surface area contributed by atoms with Gasteiger partial charge >= 0.3 is 0 Å². The summed E-state index contributed by atoms with van der Waals surface area (Å²) >= 11 is 0. The Morgan fingerprint density at radius 1 is 1.39 bits per heavy atom. The average Bonchev–Trinajstić information content (AvgIpc) is 3.14. The minimum Gasteiger partial charge on any atom is -0.381 e. The predicted molar refractivity (Wildman–Crippen MR) is 67.2 cm³/mol. The van der Waals surface area contributed by atoms with Gasteiger partial charge in [-0.1, -0.05) is 0 Å². The van der Waals surface area contributed by atoms with Gasteiger partial charge in [-0.15, -0.1) is 0 Å². The zero-order valence-corrected chi connectivity index (χ0v) is 11.2. The van der Waals surface area contributed by atoms with Gasteiger partial charge in [-0.2, -0.15) is 5.10 Å². The van der Waals surface area contributed by atoms with Crippen molar-refractivity contribution >= 4 is 15.8 Å². The van der Waals surface area contributed by atoms with Crippen LogP contribution in [0.3, 0.4) is 0 Å². The molecule has 0 radical (unpaired) electrons. The van der Waals surface area contributed by atoms with E-state index in [0.717, 1.165) is 25.7 Å². The molecule has 0 aromatic carbocycles. The highest BCUT2D eigenvalue weighted by atomic mass is 32.2. The summed E-state index contributed by atoms with van der Waals surface area (Å²) in [6, 6.07) is 0.0922. The molecule has 2 fully saturated rings. The van der Waals surface area contributed by atoms with Crippen LogP contribution in [0.15, 0.2) is 11.1 Å². The Labute approximate surface area is 107 Å². The van der Waals surface area contributed by atoms with Crippen LogP contribution in [0.25, 0.3) is 0 Å². The molecule has 0 atom stereocenters. The van der Waals surface area contributed by atoms with Crippen molar-refractivity contribution in [2.24, 2.45) is 18.9 Å². The number of aryl methyl sites for hydroxylation is 1. The highest BCUT2D eigenvalue weighted by Crippen LogP contribution is 2.45. The third-order valence-electron chi connectivity index (χ3n) is 3.66. The fourth-order valence-electron chi connectivity index (χ4n) is 2.42. The Kier molecular flexibility index (Phi) is 2.63. The smallest absolute Gasteiger partial charge is 0.246 e. The summed E-state index contributed by atoms with van der Waals surface area (Å²) in [7, 11) is -1.88. The number of rotatable bonds is 5. The van der Waals surface area contributed by atoms with Crippen molar-refractivity contribution in [3.05, 3.63) is 6.20 Å². The molecule has 1 aromatic heterocycles. The predicted octanol–water partition coefficient (Wildman–Crippen LogP) is 0.469. The maximum Gasteiger partial charge on any atom is 0.246 e. The van der Waals surface area contributed by atoms with E-state index < -0.39 is 10.0 Å². The molecule has 2 aliphatic rings. The van der Waals surface area contributed by atoms with Crippen LogP contribution < -0.4 is 10.5 Å². The molecule has 0 unspecified atom stereocenters. The van der Waals surface area contributed by atoms with Crippen LogP contribution >= 0.6 is 0 Å². The molecule has 100 valence electrons. The first kappa shape index (κ1) is 12.0. The van der Waals surface area contributed by atoms with Gasteiger partial charge in [0.25, 0.3) is 0 Å². The molecule has 7 heteroatoms. The Balaban J connectivity index is 1.83. The van der Waals surface area contributed by atoms with Gasteiger partial charge in [-0.3, -0.25) is 4.68 Å². The van der Waals surface area contributed by atoms with Gasteiger partial charge < -0.3 is 5.73 Å². The van der Waals surface area contributed by atoms with Crippen molar-refractivity contribution in [3.63, 3.8) is 0 Å². The minimum absolute atomic E-state index is 0.0651. The van der Waals surface area contributed by atoms with Crippen LogP contribution in [0, 0.1) is 11.8 Å². The van der Waals surface area contributed by atoms with E-state index >= 15 is 0 Å². The van der Waals surface area contributed by atoms with Crippen LogP contribution in [0.5, 0.6) is 0 Å². The standard InChI is InChI=1S/C11H18N4O2S/c1-15-6-9(11(12)13-15)18(16,17)14-10(7-2-3-7)8-4-5-8/h6-8,10,14H,2-5H2,1H3,(H2,12,13). The second-order valence-corrected chi connectivity index (χ2v) is 7.06. The maximum atomic E-state index is 12.3. The molecule has 18 heavy (non-hydrogen) atoms. The van der Waals surface area contributed by atoms with E-state index in [0.29, 0.717) is 11.8 Å². The number of aromatic nitrogens is 2. The van der Waals surface area contributed by atoms with Gasteiger partial charge in [0, 0.05) is 19.3 Å². The minimum atomic E-state index is -3.54. The van der Waals surface area contributed by atoms with Gasteiger partial charge in [0.2, 0.25) is 10.0 Å². The van der Waals surface area contributed by atoms with Gasteiger partial charge in [0.15, 0.2) is 5.82 Å². The molecule has 0 bridgehead atoms. The van der Waals surface area contributed by atoms with Gasteiger partial charge in [-0.05, 0) is 37.5 Å². The fourth-order valence-corrected chi connectivity index (χ4v) is 3.90. The molecule has 6 nitrogen and oxygen atoms in total. The molecule has 0 saturated heterocycles. The number of nitrogen functional groups attached to an aromatic ring is 1. The van der Waals surface area contributed by atoms with E-state index in [1.54, 1.807) is 7.05 Å². The van der Waals surface area contributed by atoms with Crippen LogP contribution in [-0.4, -0.2) is 24.2 Å². The average molecular weight is 270 g/mol. The lowest BCUT2D eigenvalue weighted by Crippen LogP contribution is -2.38. The van der Waals surface area contributed by atoms with Crippen molar-refractivity contribution in [3.8, 4) is 0 Å². The number of nitrogens with zero attached hydrogens (tertiary/aromatic N) is 2.